The summed E-state index contributed by atoms with van der Waals surface area (Å²) in [5.74, 6) is 0.106. The minimum atomic E-state index is -0.502. The van der Waals surface area contributed by atoms with Gasteiger partial charge in [0.1, 0.15) is 16.9 Å². The molecule has 198 valence electrons. The highest BCUT2D eigenvalue weighted by Crippen LogP contribution is 2.31. The summed E-state index contributed by atoms with van der Waals surface area (Å²) in [6.07, 6.45) is 1.25. The molecule has 11 heteroatoms. The van der Waals surface area contributed by atoms with Gasteiger partial charge in [0.05, 0.1) is 24.7 Å². The third-order valence-corrected chi connectivity index (χ3v) is 6.34. The first-order chi connectivity index (χ1) is 17.6. The average Bonchev–Trinajstić information content (AvgIpc) is 3.18. The average molecular weight is 529 g/mol. The second-order valence-electron chi connectivity index (χ2n) is 9.98. The minimum absolute atomic E-state index is 0.270. The number of aromatic nitrogens is 3. The maximum absolute atomic E-state index is 13.0. The van der Waals surface area contributed by atoms with Crippen molar-refractivity contribution in [1.29, 1.82) is 0 Å². The van der Waals surface area contributed by atoms with Crippen molar-refractivity contribution in [3.63, 3.8) is 0 Å². The van der Waals surface area contributed by atoms with E-state index in [4.69, 9.17) is 21.1 Å². The van der Waals surface area contributed by atoms with Crippen LogP contribution in [0.3, 0.4) is 0 Å². The Bertz CT molecular complexity index is 1280. The van der Waals surface area contributed by atoms with Crippen molar-refractivity contribution in [3.05, 3.63) is 46.7 Å². The summed E-state index contributed by atoms with van der Waals surface area (Å²) in [4.78, 5) is 33.9. The molecule has 2 aromatic heterocycles. The van der Waals surface area contributed by atoms with Crippen LogP contribution < -0.4 is 10.1 Å². The van der Waals surface area contributed by atoms with Crippen LogP contribution in [0.15, 0.2) is 30.5 Å². The van der Waals surface area contributed by atoms with Gasteiger partial charge in [-0.05, 0) is 52.0 Å². The zero-order valence-electron chi connectivity index (χ0n) is 21.9. The smallest absolute Gasteiger partial charge is 0.410 e. The number of nitrogens with zero attached hydrogens (tertiary/aromatic N) is 5. The summed E-state index contributed by atoms with van der Waals surface area (Å²) in [7, 11) is 1.54. The van der Waals surface area contributed by atoms with Crippen LogP contribution in [0.25, 0.3) is 11.0 Å². The molecule has 0 aliphatic carbocycles. The molecule has 1 fully saturated rings. The largest absolute Gasteiger partial charge is 0.495 e. The van der Waals surface area contributed by atoms with Crippen molar-refractivity contribution in [2.75, 3.05) is 45.2 Å². The van der Waals surface area contributed by atoms with Gasteiger partial charge in [-0.15, -0.1) is 0 Å². The predicted octanol–water partition coefficient (Wildman–Crippen LogP) is 4.21. The summed E-state index contributed by atoms with van der Waals surface area (Å²) in [5, 5.41) is 8.83. The number of benzene rings is 1. The van der Waals surface area contributed by atoms with Gasteiger partial charge in [-0.25, -0.2) is 14.5 Å². The number of pyridine rings is 1. The lowest BCUT2D eigenvalue weighted by Crippen LogP contribution is -2.50. The molecule has 3 aromatic rings. The van der Waals surface area contributed by atoms with E-state index in [2.05, 4.69) is 20.3 Å². The van der Waals surface area contributed by atoms with E-state index in [1.165, 1.54) is 13.3 Å². The Labute approximate surface area is 221 Å². The molecule has 1 aromatic carbocycles. The van der Waals surface area contributed by atoms with Crippen molar-refractivity contribution in [2.24, 2.45) is 0 Å². The van der Waals surface area contributed by atoms with Crippen LogP contribution >= 0.6 is 11.6 Å². The van der Waals surface area contributed by atoms with Crippen LogP contribution in [-0.2, 0) is 11.3 Å². The van der Waals surface area contributed by atoms with E-state index in [0.717, 1.165) is 25.3 Å². The summed E-state index contributed by atoms with van der Waals surface area (Å²) < 4.78 is 13.0. The SMILES string of the molecule is COc1c(C(=O)Nc2ccc(Cl)cc2)cnc2c1c(C)nn2CCN1CCN(C(=O)OC(C)(C)C)CC1. The second kappa shape index (κ2) is 10.9. The molecule has 4 rings (SSSR count). The Morgan fingerprint density at radius 2 is 1.76 bits per heavy atom. The molecule has 1 N–H and O–H groups in total. The molecule has 0 unspecified atom stereocenters. The number of carbonyl (C=O) groups excluding carboxylic acids is 2. The lowest BCUT2D eigenvalue weighted by atomic mass is 10.1. The quantitative estimate of drug-likeness (QED) is 0.511. The molecule has 0 saturated carbocycles. The highest BCUT2D eigenvalue weighted by molar-refractivity contribution is 6.30. The van der Waals surface area contributed by atoms with Gasteiger partial charge in [0.2, 0.25) is 0 Å². The lowest BCUT2D eigenvalue weighted by molar-refractivity contribution is 0.0142. The number of amides is 2. The predicted molar refractivity (Wildman–Crippen MR) is 142 cm³/mol. The maximum atomic E-state index is 13.0. The zero-order valence-corrected chi connectivity index (χ0v) is 22.6. The third kappa shape index (κ3) is 6.31. The van der Waals surface area contributed by atoms with Gasteiger partial charge >= 0.3 is 6.09 Å². The number of piperazine rings is 1. The highest BCUT2D eigenvalue weighted by Gasteiger charge is 2.26. The van der Waals surface area contributed by atoms with Crippen molar-refractivity contribution in [1.82, 2.24) is 24.6 Å². The van der Waals surface area contributed by atoms with E-state index >= 15 is 0 Å². The van der Waals surface area contributed by atoms with Crippen LogP contribution in [0.1, 0.15) is 36.8 Å². The Hall–Kier alpha value is -3.37. The summed E-state index contributed by atoms with van der Waals surface area (Å²) >= 11 is 5.94. The molecule has 0 bridgehead atoms. The van der Waals surface area contributed by atoms with Gasteiger partial charge in [0.15, 0.2) is 5.65 Å². The number of nitrogens with one attached hydrogen (secondary N) is 1. The number of hydrogen-bond acceptors (Lipinski definition) is 7. The number of ether oxygens (including phenoxy) is 2. The maximum Gasteiger partial charge on any atom is 0.410 e. The number of hydrogen-bond donors (Lipinski definition) is 1. The molecular formula is C26H33ClN6O4. The number of aryl methyl sites for hydroxylation is 1. The topological polar surface area (TPSA) is 102 Å². The molecule has 2 amide bonds. The highest BCUT2D eigenvalue weighted by atomic mass is 35.5. The molecule has 37 heavy (non-hydrogen) atoms. The number of anilines is 1. The zero-order chi connectivity index (χ0) is 26.7. The van der Waals surface area contributed by atoms with Crippen LogP contribution in [0.2, 0.25) is 5.02 Å². The van der Waals surface area contributed by atoms with Crippen LogP contribution in [0.4, 0.5) is 10.5 Å². The van der Waals surface area contributed by atoms with Gasteiger partial charge in [-0.2, -0.15) is 5.10 Å². The van der Waals surface area contributed by atoms with Crippen LogP contribution in [-0.4, -0.2) is 82.0 Å². The number of fused-ring (bicyclic) bond motifs is 1. The van der Waals surface area contributed by atoms with E-state index in [9.17, 15) is 9.59 Å². The van der Waals surface area contributed by atoms with E-state index in [0.29, 0.717) is 52.7 Å². The molecular weight excluding hydrogens is 496 g/mol. The van der Waals surface area contributed by atoms with Gasteiger partial charge in [-0.3, -0.25) is 9.69 Å². The second-order valence-corrected chi connectivity index (χ2v) is 10.4. The first kappa shape index (κ1) is 26.7. The van der Waals surface area contributed by atoms with Crippen LogP contribution in [0.5, 0.6) is 5.75 Å². The molecule has 1 saturated heterocycles. The third-order valence-electron chi connectivity index (χ3n) is 6.09. The number of rotatable bonds is 6. The molecule has 1 aliphatic heterocycles. The fraction of sp³-hybridized carbons (Fsp3) is 0.462. The van der Waals surface area contributed by atoms with E-state index in [-0.39, 0.29) is 12.0 Å². The number of carbonyl (C=O) groups is 2. The molecule has 3 heterocycles. The molecule has 10 nitrogen and oxygen atoms in total. The van der Waals surface area contributed by atoms with Gasteiger partial charge in [-0.1, -0.05) is 11.6 Å². The summed E-state index contributed by atoms with van der Waals surface area (Å²) in [6, 6.07) is 6.88. The van der Waals surface area contributed by atoms with E-state index in [1.807, 2.05) is 32.4 Å². The summed E-state index contributed by atoms with van der Waals surface area (Å²) in [5.41, 5.74) is 1.83. The lowest BCUT2D eigenvalue weighted by Gasteiger charge is -2.35. The van der Waals surface area contributed by atoms with Crippen molar-refractivity contribution >= 4 is 40.3 Å². The Morgan fingerprint density at radius 3 is 2.38 bits per heavy atom. The van der Waals surface area contributed by atoms with Gasteiger partial charge < -0.3 is 19.7 Å². The van der Waals surface area contributed by atoms with Gasteiger partial charge in [0.25, 0.3) is 5.91 Å². The van der Waals surface area contributed by atoms with Crippen molar-refractivity contribution in [3.8, 4) is 5.75 Å². The Kier molecular flexibility index (Phi) is 7.89. The van der Waals surface area contributed by atoms with Crippen molar-refractivity contribution < 1.29 is 19.1 Å². The minimum Gasteiger partial charge on any atom is -0.495 e. The van der Waals surface area contributed by atoms with E-state index < -0.39 is 5.60 Å². The van der Waals surface area contributed by atoms with E-state index in [1.54, 1.807) is 29.2 Å². The first-order valence-corrected chi connectivity index (χ1v) is 12.6. The summed E-state index contributed by atoms with van der Waals surface area (Å²) in [6.45, 7) is 11.6. The fourth-order valence-corrected chi connectivity index (χ4v) is 4.39. The fourth-order valence-electron chi connectivity index (χ4n) is 4.26. The molecule has 1 aliphatic rings. The Morgan fingerprint density at radius 1 is 1.08 bits per heavy atom. The van der Waals surface area contributed by atoms with Gasteiger partial charge in [0, 0.05) is 49.6 Å². The molecule has 0 spiro atoms. The normalized spacial score (nSPS) is 14.6. The number of halogens is 1. The standard InChI is InChI=1S/C26H33ClN6O4/c1-17-21-22(36-5)20(24(34)29-19-8-6-18(27)7-9-19)16-28-23(21)33(30-17)15-12-31-10-13-32(14-11-31)25(35)37-26(2,3)4/h6-9,16H,10-15H2,1-5H3,(H,29,34). The number of methoxy groups -OCH3 is 1. The Balaban J connectivity index is 1.43. The van der Waals surface area contributed by atoms with Crippen molar-refractivity contribution in [2.45, 2.75) is 39.8 Å². The van der Waals surface area contributed by atoms with Crippen LogP contribution in [0, 0.1) is 6.92 Å². The monoisotopic (exact) mass is 528 g/mol. The first-order valence-electron chi connectivity index (χ1n) is 12.2. The molecule has 0 atom stereocenters. The molecule has 0 radical (unpaired) electrons.